The Morgan fingerprint density at radius 1 is 0.310 bits per heavy atom. The van der Waals surface area contributed by atoms with Gasteiger partial charge in [0.05, 0.1) is 80.6 Å². The molecule has 8 aromatic heterocycles. The van der Waals surface area contributed by atoms with E-state index >= 15 is 0 Å². The van der Waals surface area contributed by atoms with Gasteiger partial charge in [0.2, 0.25) is 0 Å². The van der Waals surface area contributed by atoms with Crippen LogP contribution in [0.2, 0.25) is 10.0 Å². The number of hydrogen-bond acceptors (Lipinski definition) is 22. The third-order valence-electron chi connectivity index (χ3n) is 10.2. The molecule has 2 aromatic carbocycles. The summed E-state index contributed by atoms with van der Waals surface area (Å²) in [5.41, 5.74) is 0.569. The number of hydrogen-bond donors (Lipinski definition) is 6. The molecule has 10 aromatic rings. The fourth-order valence-electron chi connectivity index (χ4n) is 6.26. The van der Waals surface area contributed by atoms with Crippen molar-refractivity contribution in [1.82, 2.24) is 39.9 Å². The Kier molecular flexibility index (Phi) is 84.6. The van der Waals surface area contributed by atoms with Crippen LogP contribution in [-0.2, 0) is 107 Å². The van der Waals surface area contributed by atoms with Crippen LogP contribution in [-0.4, -0.2) is 119 Å². The minimum atomic E-state index is -2.39. The average Bonchev–Trinajstić information content (AvgIpc) is 0.840. The number of rotatable bonds is 10. The van der Waals surface area contributed by atoms with E-state index in [2.05, 4.69) is 39.9 Å². The molecule has 0 fully saturated rings. The maximum Gasteiger partial charge on any atom is 4.00 e. The van der Waals surface area contributed by atoms with E-state index in [0.717, 1.165) is 14.2 Å². The van der Waals surface area contributed by atoms with Crippen LogP contribution in [0, 0.1) is 59.4 Å². The number of nitrogens with zero attached hydrogens (tertiary/aromatic N) is 8. The quantitative estimate of drug-likeness (QED) is 0.0826. The van der Waals surface area contributed by atoms with E-state index in [1.165, 1.54) is 122 Å². The zero-order chi connectivity index (χ0) is 62.0. The van der Waals surface area contributed by atoms with Gasteiger partial charge in [-0.3, -0.25) is 39.9 Å². The van der Waals surface area contributed by atoms with Crippen LogP contribution in [0.25, 0.3) is 0 Å². The van der Waals surface area contributed by atoms with Crippen molar-refractivity contribution in [2.45, 2.75) is 23.1 Å². The van der Waals surface area contributed by atoms with Crippen LogP contribution in [0.3, 0.4) is 0 Å². The number of aromatic nitrogens is 8. The smallest absolute Gasteiger partial charge is 0.819 e. The van der Waals surface area contributed by atoms with Crippen LogP contribution in [0.4, 0.5) is 0 Å². The number of carboxylic acids is 2. The van der Waals surface area contributed by atoms with Gasteiger partial charge < -0.3 is 152 Å². The molecule has 0 saturated heterocycles. The van der Waals surface area contributed by atoms with Crippen molar-refractivity contribution in [3.63, 3.8) is 0 Å². The Morgan fingerprint density at radius 2 is 0.450 bits per heavy atom. The first kappa shape index (κ1) is 126. The molecule has 32 heteroatoms. The van der Waals surface area contributed by atoms with E-state index in [1.54, 1.807) is 121 Å². The second-order valence-electron chi connectivity index (χ2n) is 15.9. The topological polar surface area (TPSA) is 523 Å². The van der Waals surface area contributed by atoms with Crippen LogP contribution >= 0.6 is 23.2 Å². The van der Waals surface area contributed by atoms with Gasteiger partial charge >= 0.3 is 22.5 Å². The first-order chi connectivity index (χ1) is 40.2. The number of carbonyl (C=O) groups excluding carboxylic acids is 2. The van der Waals surface area contributed by atoms with E-state index in [-0.39, 0.29) is 224 Å². The Labute approximate surface area is 655 Å². The van der Waals surface area contributed by atoms with Crippen LogP contribution in [0.1, 0.15) is 67.7 Å². The maximum atomic E-state index is 11.9. The Balaban J connectivity index is -0.0000000651. The molecule has 14 N–H and O–H groups in total. The van der Waals surface area contributed by atoms with E-state index in [1.807, 2.05) is 0 Å². The van der Waals surface area contributed by atoms with Crippen LogP contribution in [0.5, 0.6) is 0 Å². The number of halogens is 2. The van der Waals surface area contributed by atoms with Crippen molar-refractivity contribution in [2.24, 2.45) is 0 Å². The molecule has 10 rings (SSSR count). The summed E-state index contributed by atoms with van der Waals surface area (Å²) in [6.45, 7) is 0. The van der Waals surface area contributed by atoms with Gasteiger partial charge in [0.15, 0.2) is 0 Å². The molecule has 0 aliphatic heterocycles. The zero-order valence-electron chi connectivity index (χ0n) is 56.6. The molecule has 0 saturated carbocycles. The van der Waals surface area contributed by atoms with Gasteiger partial charge in [0.1, 0.15) is 0 Å². The number of benzene rings is 2. The molecule has 100 heavy (non-hydrogen) atoms. The van der Waals surface area contributed by atoms with Gasteiger partial charge in [-0.05, 0) is 132 Å². The Hall–Kier alpha value is -6.65. The molecule has 0 bridgehead atoms. The average molecular weight is 2150 g/mol. The summed E-state index contributed by atoms with van der Waals surface area (Å²) in [7, 11) is 2.00. The molecule has 8 heterocycles. The zero-order valence-corrected chi connectivity index (χ0v) is 66.2. The fraction of sp³-hybridized carbons (Fsp3) is 0.0882. The SMILES string of the molecule is CO.CO.O.O.O.O.O=C([O-])c1cccc(Cl)c1.O=C([O-])c1cccc(Cl)c1.[CH3-].[CH3-].[CH3-].[CH3-].[CH3-].[CH3-].[CH3-].[CH3-].[H+].[O-]C(O)(c1ccccn1)c1ccccn1.[O-]C(O)(c1ccccn1)c1ccccn1.[O-]C(O)(c1ccccn1)c1ccccn1.[O-]C(O)(c1ccccn1)c1ccccn1.[Pt+4].[Pt].[Pt].[Pt]. The molecule has 568 valence electrons. The minimum Gasteiger partial charge on any atom is -0.819 e. The van der Waals surface area contributed by atoms with Crippen molar-refractivity contribution in [3.05, 3.63) is 370 Å². The van der Waals surface area contributed by atoms with Gasteiger partial charge in [-0.2, -0.15) is 0 Å². The summed E-state index contributed by atoms with van der Waals surface area (Å²) in [5, 5.41) is 122. The number of aromatic carboxylic acids is 2. The Morgan fingerprint density at radius 3 is 0.540 bits per heavy atom. The molecular weight excluding hydrogens is 2070 g/mol. The second kappa shape index (κ2) is 66.9. The normalized spacial score (nSPS) is 8.78. The second-order valence-corrected chi connectivity index (χ2v) is 16.8. The molecular formula is C68H85Cl2N8O18Pt4-9. The molecule has 0 amide bonds. The summed E-state index contributed by atoms with van der Waals surface area (Å²) in [4.78, 5) is 51.0. The number of aliphatic hydroxyl groups excluding tert-OH is 2. The van der Waals surface area contributed by atoms with Gasteiger partial charge in [0, 0.05) is 137 Å². The van der Waals surface area contributed by atoms with Crippen molar-refractivity contribution < 1.29 is 178 Å². The molecule has 0 unspecified atom stereocenters. The van der Waals surface area contributed by atoms with Gasteiger partial charge in [-0.25, -0.2) is 0 Å². The molecule has 0 radical (unpaired) electrons. The van der Waals surface area contributed by atoms with Crippen LogP contribution < -0.4 is 30.6 Å². The largest absolute Gasteiger partial charge is 4.00 e. The third-order valence-corrected chi connectivity index (χ3v) is 10.7. The summed E-state index contributed by atoms with van der Waals surface area (Å²) in [6, 6.07) is 50.3. The predicted octanol–water partition coefficient (Wildman–Crippen LogP) is 1.15. The van der Waals surface area contributed by atoms with Crippen molar-refractivity contribution in [1.29, 1.82) is 0 Å². The summed E-state index contributed by atoms with van der Waals surface area (Å²) in [5.74, 6) is -12.0. The number of carboxylic acid groups (broad SMARTS) is 2. The molecule has 0 aliphatic carbocycles. The standard InChI is InChI=1S/4C11H9N2O2.2C7H5ClO2.2CH4O.8CH3.4H2O.4Pt/c4*14-11(15,9-5-1-3-7-12-9)10-6-2-4-8-13-10;2*8-6-3-1-2-5(4-6)7(9)10;2*1-2;;;;;;;;;;;;;;;;/h4*1-8,14H;2*1-4H,(H,9,10);2*2H,1H3;8*1H3;4*1H2;;;;/q4*-1;;;;;8*-1;;;;;;;;+4/p-1. The first-order valence-electron chi connectivity index (χ1n) is 24.1. The summed E-state index contributed by atoms with van der Waals surface area (Å²) < 4.78 is 0. The Bertz CT molecular complexity index is 2890. The van der Waals surface area contributed by atoms with Gasteiger partial charge in [-0.1, -0.05) is 96.0 Å². The van der Waals surface area contributed by atoms with E-state index < -0.39 is 35.1 Å². The summed E-state index contributed by atoms with van der Waals surface area (Å²) in [6.07, 6.45) is 11.7. The fourth-order valence-corrected chi connectivity index (χ4v) is 6.64. The molecule has 0 atom stereocenters. The number of pyridine rings is 8. The summed E-state index contributed by atoms with van der Waals surface area (Å²) >= 11 is 11.0. The maximum absolute atomic E-state index is 11.9. The van der Waals surface area contributed by atoms with E-state index in [0.29, 0.717) is 10.0 Å². The van der Waals surface area contributed by atoms with Crippen LogP contribution in [0.15, 0.2) is 244 Å². The van der Waals surface area contributed by atoms with E-state index in [4.69, 9.17) is 33.4 Å². The first-order valence-corrected chi connectivity index (χ1v) is 24.9. The molecule has 0 spiro atoms. The molecule has 26 nitrogen and oxygen atoms in total. The van der Waals surface area contributed by atoms with Crippen molar-refractivity contribution >= 4 is 35.1 Å². The van der Waals surface area contributed by atoms with Gasteiger partial charge in [-0.15, -0.1) is 0 Å². The van der Waals surface area contributed by atoms with E-state index in [9.17, 15) is 60.7 Å². The predicted molar refractivity (Wildman–Crippen MR) is 361 cm³/mol. The van der Waals surface area contributed by atoms with Crippen molar-refractivity contribution in [2.75, 3.05) is 14.2 Å². The van der Waals surface area contributed by atoms with Crippen molar-refractivity contribution in [3.8, 4) is 0 Å². The third kappa shape index (κ3) is 41.9. The number of aliphatic hydroxyl groups is 6. The minimum absolute atomic E-state index is 0. The van der Waals surface area contributed by atoms with Gasteiger partial charge in [0.25, 0.3) is 0 Å². The molecule has 0 aliphatic rings. The number of carbonyl (C=O) groups is 2. The monoisotopic (exact) mass is 2150 g/mol.